The average molecular weight is 400 g/mol. The summed E-state index contributed by atoms with van der Waals surface area (Å²) >= 11 is 0. The van der Waals surface area contributed by atoms with E-state index in [1.165, 1.54) is 11.3 Å². The monoisotopic (exact) mass is 398 g/mol. The van der Waals surface area contributed by atoms with Crippen molar-refractivity contribution in [2.45, 2.75) is 27.2 Å². The SMILES string of the molecule is C[C-](C)C.[C-]1=CC=CC1.[Cl-].[Cl-].[Zr+2].[c-]1cc2ccccc2[nH]1. The largest absolute Gasteiger partial charge is 2.00 e. The molecule has 1 aliphatic rings. The fourth-order valence-corrected chi connectivity index (χ4v) is 1.27. The minimum absolute atomic E-state index is 0. The van der Waals surface area contributed by atoms with E-state index in [1.807, 2.05) is 36.4 Å². The van der Waals surface area contributed by atoms with Crippen molar-refractivity contribution in [3.63, 3.8) is 0 Å². The summed E-state index contributed by atoms with van der Waals surface area (Å²) in [6, 6.07) is 10.1. The first-order valence-corrected chi connectivity index (χ1v) is 6.12. The van der Waals surface area contributed by atoms with Gasteiger partial charge in [-0.2, -0.15) is 38.3 Å². The topological polar surface area (TPSA) is 15.8 Å². The van der Waals surface area contributed by atoms with Crippen molar-refractivity contribution in [1.29, 1.82) is 0 Å². The Morgan fingerprint density at radius 2 is 1.71 bits per heavy atom. The van der Waals surface area contributed by atoms with Gasteiger partial charge < -0.3 is 35.7 Å². The molecule has 0 spiro atoms. The number of nitrogens with one attached hydrogen (secondary N) is 1. The maximum absolute atomic E-state index is 2.99. The molecule has 1 aliphatic carbocycles. The molecular weight excluding hydrogens is 380 g/mol. The van der Waals surface area contributed by atoms with E-state index in [4.69, 9.17) is 0 Å². The molecule has 1 N–H and O–H groups in total. The fourth-order valence-electron chi connectivity index (χ4n) is 1.27. The van der Waals surface area contributed by atoms with Gasteiger partial charge in [0.1, 0.15) is 0 Å². The molecule has 1 aromatic heterocycles. The van der Waals surface area contributed by atoms with Crippen molar-refractivity contribution in [2.24, 2.45) is 0 Å². The number of allylic oxidation sites excluding steroid dienone is 4. The Morgan fingerprint density at radius 3 is 2.14 bits per heavy atom. The molecule has 1 heterocycles. The third kappa shape index (κ3) is 13.1. The number of hydrogen-bond acceptors (Lipinski definition) is 0. The van der Waals surface area contributed by atoms with E-state index in [9.17, 15) is 0 Å². The Bertz CT molecular complexity index is 461. The van der Waals surface area contributed by atoms with Crippen LogP contribution in [0, 0.1) is 18.2 Å². The molecule has 0 unspecified atom stereocenters. The van der Waals surface area contributed by atoms with E-state index in [1.54, 1.807) is 0 Å². The number of hydrogen-bond donors (Lipinski definition) is 1. The zero-order valence-electron chi connectivity index (χ0n) is 12.6. The van der Waals surface area contributed by atoms with Gasteiger partial charge in [0, 0.05) is 0 Å². The average Bonchev–Trinajstić information content (AvgIpc) is 3.03. The number of aromatic nitrogens is 1. The van der Waals surface area contributed by atoms with E-state index in [2.05, 4.69) is 50.2 Å². The van der Waals surface area contributed by atoms with Gasteiger partial charge in [-0.05, 0) is 0 Å². The van der Waals surface area contributed by atoms with Gasteiger partial charge in [0.05, 0.1) is 0 Å². The molecule has 1 aromatic carbocycles. The van der Waals surface area contributed by atoms with Gasteiger partial charge in [0.25, 0.3) is 0 Å². The number of fused-ring (bicyclic) bond motifs is 1. The molecule has 0 bridgehead atoms. The Labute approximate surface area is 160 Å². The molecule has 0 aliphatic heterocycles. The van der Waals surface area contributed by atoms with Crippen LogP contribution in [0.25, 0.3) is 10.9 Å². The number of halogens is 2. The molecule has 2 aromatic rings. The molecule has 4 heteroatoms. The van der Waals surface area contributed by atoms with Gasteiger partial charge in [-0.1, -0.05) is 12.1 Å². The molecule has 0 fully saturated rings. The van der Waals surface area contributed by atoms with Crippen LogP contribution in [0.15, 0.2) is 48.6 Å². The zero-order valence-corrected chi connectivity index (χ0v) is 16.6. The number of rotatable bonds is 0. The summed E-state index contributed by atoms with van der Waals surface area (Å²) in [6.45, 7) is 6.25. The number of para-hydroxylation sites is 1. The second kappa shape index (κ2) is 16.1. The molecule has 114 valence electrons. The summed E-state index contributed by atoms with van der Waals surface area (Å²) in [4.78, 5) is 2.99. The quantitative estimate of drug-likeness (QED) is 0.541. The first-order chi connectivity index (χ1) is 8.70. The van der Waals surface area contributed by atoms with Crippen LogP contribution >= 0.6 is 0 Å². The summed E-state index contributed by atoms with van der Waals surface area (Å²) in [5.41, 5.74) is 1.15. The molecule has 0 saturated heterocycles. The predicted octanol–water partition coefficient (Wildman–Crippen LogP) is -1.10. The minimum Gasteiger partial charge on any atom is -1.00 e. The van der Waals surface area contributed by atoms with Crippen molar-refractivity contribution in [2.75, 3.05) is 0 Å². The van der Waals surface area contributed by atoms with Crippen LogP contribution in [0.3, 0.4) is 0 Å². The van der Waals surface area contributed by atoms with Gasteiger partial charge in [-0.25, -0.2) is 12.2 Å². The Balaban J connectivity index is -0.000000238. The van der Waals surface area contributed by atoms with Gasteiger partial charge in [0.15, 0.2) is 0 Å². The van der Waals surface area contributed by atoms with Crippen molar-refractivity contribution in [3.05, 3.63) is 66.8 Å². The van der Waals surface area contributed by atoms with E-state index in [0.29, 0.717) is 0 Å². The van der Waals surface area contributed by atoms with Gasteiger partial charge in [-0.15, -0.1) is 30.3 Å². The summed E-state index contributed by atoms with van der Waals surface area (Å²) in [5, 5.41) is 1.22. The first kappa shape index (κ1) is 25.6. The predicted molar refractivity (Wildman–Crippen MR) is 79.0 cm³/mol. The molecule has 0 atom stereocenters. The van der Waals surface area contributed by atoms with Crippen LogP contribution in [-0.4, -0.2) is 4.98 Å². The van der Waals surface area contributed by atoms with E-state index in [-0.39, 0.29) is 51.0 Å². The van der Waals surface area contributed by atoms with Crippen LogP contribution in [0.2, 0.25) is 0 Å². The molecule has 3 rings (SSSR count). The molecule has 0 radical (unpaired) electrons. The zero-order chi connectivity index (χ0) is 13.2. The molecule has 0 saturated carbocycles. The van der Waals surface area contributed by atoms with Crippen LogP contribution in [0.4, 0.5) is 0 Å². The maximum atomic E-state index is 2.99. The van der Waals surface area contributed by atoms with Crippen LogP contribution in [0.5, 0.6) is 0 Å². The number of H-pyrrole nitrogens is 1. The Morgan fingerprint density at radius 1 is 1.10 bits per heavy atom. The summed E-state index contributed by atoms with van der Waals surface area (Å²) in [5.74, 6) is 1.42. The molecular formula is C17H20Cl2NZr-3. The normalized spacial score (nSPS) is 10.3. The van der Waals surface area contributed by atoms with Gasteiger partial charge in [-0.3, -0.25) is 6.08 Å². The Kier molecular flexibility index (Phi) is 19.6. The van der Waals surface area contributed by atoms with Crippen molar-refractivity contribution < 1.29 is 51.0 Å². The molecule has 21 heavy (non-hydrogen) atoms. The second-order valence-electron chi connectivity index (χ2n) is 4.50. The van der Waals surface area contributed by atoms with Crippen LogP contribution in [0.1, 0.15) is 27.2 Å². The summed E-state index contributed by atoms with van der Waals surface area (Å²) in [7, 11) is 0. The summed E-state index contributed by atoms with van der Waals surface area (Å²) in [6.07, 6.45) is 12.9. The van der Waals surface area contributed by atoms with Crippen LogP contribution in [-0.2, 0) is 26.2 Å². The van der Waals surface area contributed by atoms with Gasteiger partial charge >= 0.3 is 26.2 Å². The standard InChI is InChI=1S/C8H6N.C5H5.C4H9.2ClH.Zr/c1-2-4-8-7(3-1)5-6-9-8;1-2-4-5-3-1;1-4(2)3;;;/h1-5,9H;1-3H,4H2;1-3H3;2*1H;/q3*-1;;;+2/p-2. The van der Waals surface area contributed by atoms with Crippen molar-refractivity contribution in [3.8, 4) is 0 Å². The Hall–Kier alpha value is -0.297. The van der Waals surface area contributed by atoms with E-state index < -0.39 is 0 Å². The van der Waals surface area contributed by atoms with Gasteiger partial charge in [0.2, 0.25) is 0 Å². The van der Waals surface area contributed by atoms with E-state index in [0.717, 1.165) is 11.9 Å². The van der Waals surface area contributed by atoms with E-state index >= 15 is 0 Å². The second-order valence-corrected chi connectivity index (χ2v) is 4.50. The minimum atomic E-state index is 0. The van der Waals surface area contributed by atoms with Crippen molar-refractivity contribution >= 4 is 10.9 Å². The molecule has 1 nitrogen and oxygen atoms in total. The van der Waals surface area contributed by atoms with Crippen molar-refractivity contribution in [1.82, 2.24) is 4.98 Å². The smallest absolute Gasteiger partial charge is 1.00 e. The number of aromatic amines is 1. The fraction of sp³-hybridized carbons (Fsp3) is 0.235. The third-order valence-electron chi connectivity index (χ3n) is 1.98. The maximum Gasteiger partial charge on any atom is 2.00 e. The van der Waals surface area contributed by atoms with Crippen LogP contribution < -0.4 is 24.8 Å². The number of benzene rings is 1. The third-order valence-corrected chi connectivity index (χ3v) is 1.98. The summed E-state index contributed by atoms with van der Waals surface area (Å²) < 4.78 is 0. The molecule has 0 amide bonds. The first-order valence-electron chi connectivity index (χ1n) is 6.12.